The Morgan fingerprint density at radius 2 is 2.00 bits per heavy atom. The van der Waals surface area contributed by atoms with E-state index < -0.39 is 29.3 Å². The van der Waals surface area contributed by atoms with Gasteiger partial charge in [-0.2, -0.15) is 0 Å². The smallest absolute Gasteiger partial charge is 0.293 e. The fraction of sp³-hybridized carbons (Fsp3) is 0.200. The molecule has 5 nitrogen and oxygen atoms in total. The lowest BCUT2D eigenvalue weighted by Gasteiger charge is -2.28. The number of nitrogens with one attached hydrogen (secondary N) is 1. The Kier molecular flexibility index (Phi) is 3.95. The summed E-state index contributed by atoms with van der Waals surface area (Å²) in [5.41, 5.74) is 2.21. The minimum Gasteiger partial charge on any atom is -0.503 e. The van der Waals surface area contributed by atoms with Gasteiger partial charge in [0.1, 0.15) is 0 Å². The lowest BCUT2D eigenvalue weighted by molar-refractivity contribution is -0.117. The maximum absolute atomic E-state index is 14.6. The second kappa shape index (κ2) is 6.19. The summed E-state index contributed by atoms with van der Waals surface area (Å²) in [5.74, 6) is -3.36. The van der Waals surface area contributed by atoms with Crippen LogP contribution < -0.4 is 4.90 Å². The second-order valence-corrected chi connectivity index (χ2v) is 6.78. The number of aliphatic hydroxyl groups excluding tert-OH is 1. The Labute approximate surface area is 154 Å². The van der Waals surface area contributed by atoms with Gasteiger partial charge in [-0.1, -0.05) is 26.0 Å². The predicted octanol–water partition coefficient (Wildman–Crippen LogP) is 4.40. The molecule has 27 heavy (non-hydrogen) atoms. The van der Waals surface area contributed by atoms with Crippen LogP contribution >= 0.6 is 0 Å². The van der Waals surface area contributed by atoms with Crippen molar-refractivity contribution in [1.29, 1.82) is 0 Å². The molecule has 3 aromatic rings. The summed E-state index contributed by atoms with van der Waals surface area (Å²) >= 11 is 0. The van der Waals surface area contributed by atoms with E-state index in [1.54, 1.807) is 32.0 Å². The third-order valence-electron chi connectivity index (χ3n) is 4.83. The normalized spacial score (nSPS) is 17.6. The minimum atomic E-state index is -1.03. The Balaban J connectivity index is 1.93. The number of aromatic amines is 1. The van der Waals surface area contributed by atoms with E-state index in [4.69, 9.17) is 0 Å². The van der Waals surface area contributed by atoms with E-state index in [2.05, 4.69) is 9.97 Å². The first kappa shape index (κ1) is 17.2. The number of carbonyl (C=O) groups excluding carboxylic acids is 1. The molecule has 0 aliphatic carbocycles. The molecule has 0 saturated carbocycles. The monoisotopic (exact) mass is 369 g/mol. The van der Waals surface area contributed by atoms with Crippen molar-refractivity contribution in [2.75, 3.05) is 4.90 Å². The molecule has 0 bridgehead atoms. The summed E-state index contributed by atoms with van der Waals surface area (Å²) in [7, 11) is 0. The van der Waals surface area contributed by atoms with Crippen LogP contribution in [-0.2, 0) is 4.79 Å². The number of aromatic nitrogens is 2. The van der Waals surface area contributed by atoms with Gasteiger partial charge in [-0.25, -0.2) is 13.8 Å². The van der Waals surface area contributed by atoms with Crippen molar-refractivity contribution in [3.8, 4) is 0 Å². The zero-order chi connectivity index (χ0) is 19.3. The largest absolute Gasteiger partial charge is 0.503 e. The summed E-state index contributed by atoms with van der Waals surface area (Å²) in [6, 6.07) is 7.99. The van der Waals surface area contributed by atoms with Crippen LogP contribution in [0.3, 0.4) is 0 Å². The van der Waals surface area contributed by atoms with E-state index >= 15 is 0 Å². The lowest BCUT2D eigenvalue weighted by Crippen LogP contribution is -2.31. The average molecular weight is 369 g/mol. The Hall–Kier alpha value is -3.22. The highest BCUT2D eigenvalue weighted by atomic mass is 19.2. The SMILES string of the molecule is CC(C)C1=C(O)C(=O)N(c2ccc3nc[nH]c3c2)C1c1cccc(F)c1F. The summed E-state index contributed by atoms with van der Waals surface area (Å²) in [4.78, 5) is 21.2. The van der Waals surface area contributed by atoms with Gasteiger partial charge in [0.25, 0.3) is 5.91 Å². The van der Waals surface area contributed by atoms with Crippen molar-refractivity contribution in [3.63, 3.8) is 0 Å². The van der Waals surface area contributed by atoms with Gasteiger partial charge in [-0.3, -0.25) is 9.69 Å². The molecule has 7 heteroatoms. The number of benzene rings is 2. The molecule has 2 heterocycles. The summed E-state index contributed by atoms with van der Waals surface area (Å²) in [5, 5.41) is 10.5. The maximum Gasteiger partial charge on any atom is 0.293 e. The lowest BCUT2D eigenvalue weighted by atomic mass is 9.90. The van der Waals surface area contributed by atoms with Gasteiger partial charge in [-0.15, -0.1) is 0 Å². The molecule has 0 spiro atoms. The van der Waals surface area contributed by atoms with Gasteiger partial charge in [-0.05, 0) is 30.2 Å². The van der Waals surface area contributed by atoms with Crippen molar-refractivity contribution >= 4 is 22.6 Å². The van der Waals surface area contributed by atoms with Crippen LogP contribution in [0.5, 0.6) is 0 Å². The van der Waals surface area contributed by atoms with E-state index in [0.717, 1.165) is 6.07 Å². The number of amides is 1. The number of hydrogen-bond donors (Lipinski definition) is 2. The Bertz CT molecular complexity index is 1090. The van der Waals surface area contributed by atoms with Gasteiger partial charge in [0.05, 0.1) is 23.4 Å². The third kappa shape index (κ3) is 2.58. The second-order valence-electron chi connectivity index (χ2n) is 6.78. The number of fused-ring (bicyclic) bond motifs is 1. The summed E-state index contributed by atoms with van der Waals surface area (Å²) < 4.78 is 28.5. The van der Waals surface area contributed by atoms with Crippen molar-refractivity contribution in [3.05, 3.63) is 71.3 Å². The topological polar surface area (TPSA) is 69.2 Å². The van der Waals surface area contributed by atoms with Crippen LogP contribution in [0.2, 0.25) is 0 Å². The third-order valence-corrected chi connectivity index (χ3v) is 4.83. The molecule has 1 amide bonds. The predicted molar refractivity (Wildman–Crippen MR) is 97.2 cm³/mol. The molecular formula is C20H17F2N3O2. The van der Waals surface area contributed by atoms with E-state index in [-0.39, 0.29) is 11.5 Å². The number of imidazole rings is 1. The number of H-pyrrole nitrogens is 1. The van der Waals surface area contributed by atoms with Crippen LogP contribution in [0.4, 0.5) is 14.5 Å². The van der Waals surface area contributed by atoms with E-state index in [0.29, 0.717) is 22.3 Å². The quantitative estimate of drug-likeness (QED) is 0.719. The first-order valence-corrected chi connectivity index (χ1v) is 8.53. The first-order valence-electron chi connectivity index (χ1n) is 8.53. The molecule has 1 atom stereocenters. The molecule has 1 aliphatic heterocycles. The standard InChI is InChI=1S/C20H17F2N3O2/c1-10(2)16-18(12-4-3-5-13(21)17(12)22)25(20(27)19(16)26)11-6-7-14-15(8-11)24-9-23-14/h3-10,18,26H,1-2H3,(H,23,24). The van der Waals surface area contributed by atoms with Crippen molar-refractivity contribution in [1.82, 2.24) is 9.97 Å². The molecule has 1 unspecified atom stereocenters. The number of carbonyl (C=O) groups is 1. The van der Waals surface area contributed by atoms with Gasteiger partial charge in [0.2, 0.25) is 0 Å². The molecule has 4 rings (SSSR count). The Morgan fingerprint density at radius 3 is 2.74 bits per heavy atom. The van der Waals surface area contributed by atoms with Crippen LogP contribution in [0.15, 0.2) is 54.1 Å². The zero-order valence-electron chi connectivity index (χ0n) is 14.7. The van der Waals surface area contributed by atoms with Crippen LogP contribution in [0.1, 0.15) is 25.5 Å². The van der Waals surface area contributed by atoms with Crippen molar-refractivity contribution in [2.24, 2.45) is 5.92 Å². The highest BCUT2D eigenvalue weighted by Gasteiger charge is 2.43. The minimum absolute atomic E-state index is 0.000748. The fourth-order valence-corrected chi connectivity index (χ4v) is 3.59. The first-order chi connectivity index (χ1) is 12.9. The highest BCUT2D eigenvalue weighted by molar-refractivity contribution is 6.09. The molecule has 2 aromatic carbocycles. The molecular weight excluding hydrogens is 352 g/mol. The van der Waals surface area contributed by atoms with Gasteiger partial charge >= 0.3 is 0 Å². The molecule has 1 aliphatic rings. The number of hydrogen-bond acceptors (Lipinski definition) is 3. The number of anilines is 1. The average Bonchev–Trinajstić information content (AvgIpc) is 3.20. The Morgan fingerprint density at radius 1 is 1.22 bits per heavy atom. The number of aliphatic hydroxyl groups is 1. The molecule has 138 valence electrons. The number of halogens is 2. The van der Waals surface area contributed by atoms with Crippen molar-refractivity contribution < 1.29 is 18.7 Å². The molecule has 0 saturated heterocycles. The molecule has 0 radical (unpaired) electrons. The van der Waals surface area contributed by atoms with Gasteiger partial charge in [0.15, 0.2) is 17.4 Å². The van der Waals surface area contributed by atoms with E-state index in [9.17, 15) is 18.7 Å². The number of nitrogens with zero attached hydrogens (tertiary/aromatic N) is 2. The van der Waals surface area contributed by atoms with Gasteiger partial charge in [0, 0.05) is 16.8 Å². The summed E-state index contributed by atoms with van der Waals surface area (Å²) in [6.45, 7) is 3.59. The van der Waals surface area contributed by atoms with E-state index in [1.165, 1.54) is 23.4 Å². The number of rotatable bonds is 3. The van der Waals surface area contributed by atoms with Gasteiger partial charge < -0.3 is 10.1 Å². The van der Waals surface area contributed by atoms with Crippen LogP contribution in [0, 0.1) is 17.6 Å². The maximum atomic E-state index is 14.6. The highest BCUT2D eigenvalue weighted by Crippen LogP contribution is 2.44. The molecule has 0 fully saturated rings. The van der Waals surface area contributed by atoms with Crippen LogP contribution in [0.25, 0.3) is 11.0 Å². The molecule has 1 aromatic heterocycles. The van der Waals surface area contributed by atoms with Crippen molar-refractivity contribution in [2.45, 2.75) is 19.9 Å². The fourth-order valence-electron chi connectivity index (χ4n) is 3.59. The van der Waals surface area contributed by atoms with E-state index in [1.807, 2.05) is 0 Å². The molecule has 2 N–H and O–H groups in total. The zero-order valence-corrected chi connectivity index (χ0v) is 14.7. The van der Waals surface area contributed by atoms with Crippen LogP contribution in [-0.4, -0.2) is 21.0 Å². The summed E-state index contributed by atoms with van der Waals surface area (Å²) in [6.07, 6.45) is 1.53.